The van der Waals surface area contributed by atoms with E-state index in [1.165, 1.54) is 0 Å². The molecule has 0 spiro atoms. The summed E-state index contributed by atoms with van der Waals surface area (Å²) in [6.45, 7) is 3.93. The molecule has 0 amide bonds. The largest absolute Gasteiger partial charge is 0.496 e. The Labute approximate surface area is 135 Å². The van der Waals surface area contributed by atoms with Crippen molar-refractivity contribution in [1.29, 1.82) is 0 Å². The summed E-state index contributed by atoms with van der Waals surface area (Å²) in [5.74, 6) is 0.884. The lowest BCUT2D eigenvalue weighted by atomic mass is 10.2. The number of benzene rings is 2. The SMILES string of the molecule is CCCNCc1c(Cl)cccc1Sc1ccccc1OC. The van der Waals surface area contributed by atoms with Crippen molar-refractivity contribution in [2.75, 3.05) is 13.7 Å². The van der Waals surface area contributed by atoms with Gasteiger partial charge in [-0.15, -0.1) is 0 Å². The van der Waals surface area contributed by atoms with Gasteiger partial charge in [0.15, 0.2) is 0 Å². The Morgan fingerprint density at radius 1 is 1.10 bits per heavy atom. The highest BCUT2D eigenvalue weighted by Gasteiger charge is 2.10. The lowest BCUT2D eigenvalue weighted by Crippen LogP contribution is -2.14. The van der Waals surface area contributed by atoms with Crippen molar-refractivity contribution in [3.8, 4) is 5.75 Å². The maximum atomic E-state index is 6.36. The fourth-order valence-electron chi connectivity index (χ4n) is 2.02. The first-order chi connectivity index (χ1) is 10.3. The molecule has 0 fully saturated rings. The molecule has 0 heterocycles. The minimum absolute atomic E-state index is 0.783. The van der Waals surface area contributed by atoms with E-state index >= 15 is 0 Å². The highest BCUT2D eigenvalue weighted by molar-refractivity contribution is 7.99. The summed E-state index contributed by atoms with van der Waals surface area (Å²) < 4.78 is 5.42. The van der Waals surface area contributed by atoms with Crippen molar-refractivity contribution in [1.82, 2.24) is 5.32 Å². The molecule has 0 bridgehead atoms. The quantitative estimate of drug-likeness (QED) is 0.725. The molecular weight excluding hydrogens is 302 g/mol. The Bertz CT molecular complexity index is 589. The first kappa shape index (κ1) is 16.2. The van der Waals surface area contributed by atoms with E-state index < -0.39 is 0 Å². The molecule has 0 saturated carbocycles. The molecule has 2 aromatic carbocycles. The minimum Gasteiger partial charge on any atom is -0.496 e. The van der Waals surface area contributed by atoms with Crippen LogP contribution in [0.2, 0.25) is 5.02 Å². The predicted octanol–water partition coefficient (Wildman–Crippen LogP) is 5.00. The molecule has 1 N–H and O–H groups in total. The lowest BCUT2D eigenvalue weighted by Gasteiger charge is -2.13. The van der Waals surface area contributed by atoms with Crippen LogP contribution < -0.4 is 10.1 Å². The number of halogens is 1. The van der Waals surface area contributed by atoms with Crippen LogP contribution in [0.15, 0.2) is 52.3 Å². The smallest absolute Gasteiger partial charge is 0.132 e. The zero-order valence-corrected chi connectivity index (χ0v) is 13.9. The van der Waals surface area contributed by atoms with Gasteiger partial charge in [-0.1, -0.05) is 48.5 Å². The third kappa shape index (κ3) is 4.40. The summed E-state index contributed by atoms with van der Waals surface area (Å²) >= 11 is 8.05. The molecule has 0 unspecified atom stereocenters. The van der Waals surface area contributed by atoms with E-state index in [-0.39, 0.29) is 0 Å². The molecule has 0 aromatic heterocycles. The van der Waals surface area contributed by atoms with Crippen LogP contribution >= 0.6 is 23.4 Å². The molecule has 2 nitrogen and oxygen atoms in total. The molecule has 2 rings (SSSR count). The first-order valence-corrected chi connectivity index (χ1v) is 8.24. The molecule has 0 aliphatic heterocycles. The molecule has 112 valence electrons. The maximum Gasteiger partial charge on any atom is 0.132 e. The zero-order chi connectivity index (χ0) is 15.1. The normalized spacial score (nSPS) is 10.6. The van der Waals surface area contributed by atoms with Crippen molar-refractivity contribution in [3.05, 3.63) is 53.1 Å². The van der Waals surface area contributed by atoms with Gasteiger partial charge in [0.25, 0.3) is 0 Å². The van der Waals surface area contributed by atoms with Crippen LogP contribution in [0, 0.1) is 0 Å². The fraction of sp³-hybridized carbons (Fsp3) is 0.294. The first-order valence-electron chi connectivity index (χ1n) is 7.05. The van der Waals surface area contributed by atoms with Crippen molar-refractivity contribution in [3.63, 3.8) is 0 Å². The van der Waals surface area contributed by atoms with Crippen molar-refractivity contribution in [2.24, 2.45) is 0 Å². The summed E-state index contributed by atoms with van der Waals surface area (Å²) in [5, 5.41) is 4.22. The molecule has 0 atom stereocenters. The van der Waals surface area contributed by atoms with Crippen LogP contribution in [0.1, 0.15) is 18.9 Å². The van der Waals surface area contributed by atoms with Gasteiger partial charge >= 0.3 is 0 Å². The second-order valence-electron chi connectivity index (χ2n) is 4.65. The van der Waals surface area contributed by atoms with Gasteiger partial charge in [-0.05, 0) is 42.8 Å². The second-order valence-corrected chi connectivity index (χ2v) is 6.14. The zero-order valence-electron chi connectivity index (χ0n) is 12.4. The average molecular weight is 322 g/mol. The molecule has 0 radical (unpaired) electrons. The third-order valence-corrected chi connectivity index (χ3v) is 4.61. The molecule has 0 aliphatic carbocycles. The summed E-state index contributed by atoms with van der Waals surface area (Å²) in [5.41, 5.74) is 1.14. The van der Waals surface area contributed by atoms with Crippen LogP contribution in [0.5, 0.6) is 5.75 Å². The number of ether oxygens (including phenoxy) is 1. The van der Waals surface area contributed by atoms with Gasteiger partial charge in [-0.25, -0.2) is 0 Å². The van der Waals surface area contributed by atoms with Gasteiger partial charge < -0.3 is 10.1 Å². The predicted molar refractivity (Wildman–Crippen MR) is 90.6 cm³/mol. The van der Waals surface area contributed by atoms with E-state index in [0.29, 0.717) is 0 Å². The Morgan fingerprint density at radius 2 is 1.86 bits per heavy atom. The summed E-state index contributed by atoms with van der Waals surface area (Å²) in [7, 11) is 1.70. The fourth-order valence-corrected chi connectivity index (χ4v) is 3.40. The number of methoxy groups -OCH3 is 1. The molecule has 0 aliphatic rings. The van der Waals surface area contributed by atoms with Crippen molar-refractivity contribution in [2.45, 2.75) is 29.7 Å². The average Bonchev–Trinajstić information content (AvgIpc) is 2.50. The van der Waals surface area contributed by atoms with Gasteiger partial charge in [0, 0.05) is 16.5 Å². The number of nitrogens with one attached hydrogen (secondary N) is 1. The summed E-state index contributed by atoms with van der Waals surface area (Å²) in [4.78, 5) is 2.26. The molecule has 21 heavy (non-hydrogen) atoms. The van der Waals surface area contributed by atoms with Gasteiger partial charge in [0.05, 0.1) is 12.0 Å². The Kier molecular flexibility index (Phi) is 6.43. The van der Waals surface area contributed by atoms with Crippen molar-refractivity contribution < 1.29 is 4.74 Å². The molecule has 2 aromatic rings. The molecule has 0 saturated heterocycles. The number of hydrogen-bond donors (Lipinski definition) is 1. The molecular formula is C17H20ClNOS. The highest BCUT2D eigenvalue weighted by Crippen LogP contribution is 2.38. The monoisotopic (exact) mass is 321 g/mol. The Hall–Kier alpha value is -1.16. The van der Waals surface area contributed by atoms with E-state index in [9.17, 15) is 0 Å². The Morgan fingerprint density at radius 3 is 2.62 bits per heavy atom. The van der Waals surface area contributed by atoms with Crippen molar-refractivity contribution >= 4 is 23.4 Å². The lowest BCUT2D eigenvalue weighted by molar-refractivity contribution is 0.405. The van der Waals surface area contributed by atoms with E-state index in [1.807, 2.05) is 30.3 Å². The summed E-state index contributed by atoms with van der Waals surface area (Å²) in [6, 6.07) is 14.1. The van der Waals surface area contributed by atoms with Gasteiger partial charge in [-0.3, -0.25) is 0 Å². The van der Waals surface area contributed by atoms with E-state index in [1.54, 1.807) is 18.9 Å². The van der Waals surface area contributed by atoms with Crippen LogP contribution in [0.25, 0.3) is 0 Å². The van der Waals surface area contributed by atoms with Gasteiger partial charge in [0.1, 0.15) is 5.75 Å². The summed E-state index contributed by atoms with van der Waals surface area (Å²) in [6.07, 6.45) is 1.11. The standard InChI is InChI=1S/C17H20ClNOS/c1-3-11-19-12-13-14(18)7-6-10-16(13)21-17-9-5-4-8-15(17)20-2/h4-10,19H,3,11-12H2,1-2H3. The Balaban J connectivity index is 2.24. The van der Waals surface area contributed by atoms with Gasteiger partial charge in [0.2, 0.25) is 0 Å². The maximum absolute atomic E-state index is 6.36. The van der Waals surface area contributed by atoms with E-state index in [2.05, 4.69) is 24.4 Å². The van der Waals surface area contributed by atoms with E-state index in [4.69, 9.17) is 16.3 Å². The number of hydrogen-bond acceptors (Lipinski definition) is 3. The van der Waals surface area contributed by atoms with Crippen LogP contribution in [-0.2, 0) is 6.54 Å². The second kappa shape index (κ2) is 8.32. The number of para-hydroxylation sites is 1. The van der Waals surface area contributed by atoms with Crippen LogP contribution in [-0.4, -0.2) is 13.7 Å². The molecule has 4 heteroatoms. The minimum atomic E-state index is 0.783. The third-order valence-electron chi connectivity index (χ3n) is 3.09. The number of rotatable bonds is 7. The highest BCUT2D eigenvalue weighted by atomic mass is 35.5. The van der Waals surface area contributed by atoms with Crippen LogP contribution in [0.3, 0.4) is 0 Å². The van der Waals surface area contributed by atoms with Gasteiger partial charge in [-0.2, -0.15) is 0 Å². The topological polar surface area (TPSA) is 21.3 Å². The van der Waals surface area contributed by atoms with E-state index in [0.717, 1.165) is 45.6 Å². The van der Waals surface area contributed by atoms with Crippen LogP contribution in [0.4, 0.5) is 0 Å².